The molecule has 1 saturated heterocycles. The zero-order valence-electron chi connectivity index (χ0n) is 16.7. The van der Waals surface area contributed by atoms with E-state index in [0.717, 1.165) is 0 Å². The van der Waals surface area contributed by atoms with Crippen LogP contribution in [0.25, 0.3) is 11.0 Å². The van der Waals surface area contributed by atoms with Crippen molar-refractivity contribution >= 4 is 38.5 Å². The minimum absolute atomic E-state index is 0.192. The van der Waals surface area contributed by atoms with Crippen molar-refractivity contribution in [1.29, 1.82) is 0 Å². The zero-order valence-corrected chi connectivity index (χ0v) is 18.3. The molecule has 1 aliphatic heterocycles. The Morgan fingerprint density at radius 3 is 2.53 bits per heavy atom. The number of fused-ring (bicyclic) bond motifs is 1. The van der Waals surface area contributed by atoms with E-state index in [1.165, 1.54) is 10.4 Å². The highest BCUT2D eigenvalue weighted by Gasteiger charge is 2.30. The van der Waals surface area contributed by atoms with Crippen LogP contribution in [-0.4, -0.2) is 53.4 Å². The lowest BCUT2D eigenvalue weighted by atomic mass is 10.2. The molecule has 0 spiro atoms. The van der Waals surface area contributed by atoms with Gasteiger partial charge in [0, 0.05) is 43.9 Å². The predicted octanol–water partition coefficient (Wildman–Crippen LogP) is 2.28. The Hall–Kier alpha value is -2.49. The highest BCUT2D eigenvalue weighted by molar-refractivity contribution is 7.89. The molecule has 0 unspecified atom stereocenters. The van der Waals surface area contributed by atoms with Crippen molar-refractivity contribution in [3.05, 3.63) is 57.6 Å². The molecule has 10 heteroatoms. The van der Waals surface area contributed by atoms with Crippen molar-refractivity contribution in [2.24, 2.45) is 0 Å². The molecule has 3 heterocycles. The number of nitrogens with zero attached hydrogens (tertiary/aromatic N) is 5. The van der Waals surface area contributed by atoms with Gasteiger partial charge >= 0.3 is 0 Å². The number of piperazine rings is 1. The molecule has 30 heavy (non-hydrogen) atoms. The number of anilines is 1. The Bertz CT molecular complexity index is 1270. The lowest BCUT2D eigenvalue weighted by molar-refractivity contribution is 0.383. The molecule has 2 aromatic heterocycles. The largest absolute Gasteiger partial charge is 0.349 e. The lowest BCUT2D eigenvalue weighted by Crippen LogP contribution is -2.50. The summed E-state index contributed by atoms with van der Waals surface area (Å²) in [5.74, 6) is 0.343. The van der Waals surface area contributed by atoms with Gasteiger partial charge in [-0.05, 0) is 43.7 Å². The highest BCUT2D eigenvalue weighted by Crippen LogP contribution is 2.24. The summed E-state index contributed by atoms with van der Waals surface area (Å²) >= 11 is 6.03. The fraction of sp³-hybridized carbons (Fsp3) is 0.350. The Morgan fingerprint density at radius 2 is 1.87 bits per heavy atom. The maximum atomic E-state index is 13.0. The first-order valence-electron chi connectivity index (χ1n) is 9.68. The lowest BCUT2D eigenvalue weighted by Gasteiger charge is -2.34. The first kappa shape index (κ1) is 20.8. The second-order valence-electron chi connectivity index (χ2n) is 7.15. The summed E-state index contributed by atoms with van der Waals surface area (Å²) < 4.78 is 29.1. The molecule has 8 nitrogen and oxygen atoms in total. The molecule has 1 aliphatic rings. The van der Waals surface area contributed by atoms with Crippen LogP contribution in [0.15, 0.2) is 46.3 Å². The molecule has 0 aliphatic carbocycles. The summed E-state index contributed by atoms with van der Waals surface area (Å²) in [6.07, 6.45) is 3.28. The van der Waals surface area contributed by atoms with E-state index < -0.39 is 10.0 Å². The quantitative estimate of drug-likeness (QED) is 0.609. The molecule has 0 saturated carbocycles. The number of rotatable bonds is 4. The summed E-state index contributed by atoms with van der Waals surface area (Å²) in [7, 11) is -3.63. The van der Waals surface area contributed by atoms with Crippen LogP contribution in [0.1, 0.15) is 12.5 Å². The highest BCUT2D eigenvalue weighted by atomic mass is 35.5. The van der Waals surface area contributed by atoms with E-state index >= 15 is 0 Å². The van der Waals surface area contributed by atoms with E-state index in [1.54, 1.807) is 42.1 Å². The van der Waals surface area contributed by atoms with Crippen molar-refractivity contribution in [1.82, 2.24) is 18.8 Å². The molecule has 158 valence electrons. The molecule has 3 aromatic rings. The van der Waals surface area contributed by atoms with Crippen LogP contribution in [0.4, 0.5) is 5.82 Å². The van der Waals surface area contributed by atoms with Gasteiger partial charge in [-0.2, -0.15) is 4.31 Å². The van der Waals surface area contributed by atoms with Crippen molar-refractivity contribution in [3.8, 4) is 0 Å². The minimum Gasteiger partial charge on any atom is -0.349 e. The predicted molar refractivity (Wildman–Crippen MR) is 117 cm³/mol. The molecule has 0 radical (unpaired) electrons. The average Bonchev–Trinajstić information content (AvgIpc) is 2.75. The molecule has 1 aromatic carbocycles. The number of hydrogen-bond donors (Lipinski definition) is 0. The number of hydrogen-bond acceptors (Lipinski definition) is 6. The summed E-state index contributed by atoms with van der Waals surface area (Å²) in [6.45, 7) is 5.48. The zero-order chi connectivity index (χ0) is 21.5. The molecule has 0 N–H and O–H groups in total. The van der Waals surface area contributed by atoms with Gasteiger partial charge in [-0.1, -0.05) is 11.6 Å². The second kappa shape index (κ2) is 7.98. The van der Waals surface area contributed by atoms with Gasteiger partial charge < -0.3 is 9.47 Å². The van der Waals surface area contributed by atoms with Crippen LogP contribution in [0, 0.1) is 6.92 Å². The third-order valence-electron chi connectivity index (χ3n) is 5.35. The van der Waals surface area contributed by atoms with E-state index in [2.05, 4.69) is 9.97 Å². The van der Waals surface area contributed by atoms with Gasteiger partial charge in [-0.25, -0.2) is 13.4 Å². The smallest absolute Gasteiger partial charge is 0.294 e. The van der Waals surface area contributed by atoms with Crippen LogP contribution in [0.2, 0.25) is 5.02 Å². The van der Waals surface area contributed by atoms with Crippen molar-refractivity contribution in [2.75, 3.05) is 31.1 Å². The monoisotopic (exact) mass is 447 g/mol. The van der Waals surface area contributed by atoms with Gasteiger partial charge in [0.2, 0.25) is 10.0 Å². The van der Waals surface area contributed by atoms with Crippen LogP contribution >= 0.6 is 11.6 Å². The van der Waals surface area contributed by atoms with Gasteiger partial charge in [0.25, 0.3) is 5.56 Å². The third-order valence-corrected chi connectivity index (χ3v) is 7.67. The van der Waals surface area contributed by atoms with Gasteiger partial charge in [0.1, 0.15) is 0 Å². The van der Waals surface area contributed by atoms with Gasteiger partial charge in [0.15, 0.2) is 5.82 Å². The minimum atomic E-state index is -3.63. The van der Waals surface area contributed by atoms with E-state index in [0.29, 0.717) is 47.1 Å². The van der Waals surface area contributed by atoms with Crippen molar-refractivity contribution in [3.63, 3.8) is 0 Å². The summed E-state index contributed by atoms with van der Waals surface area (Å²) in [4.78, 5) is 23.7. The van der Waals surface area contributed by atoms with Crippen LogP contribution in [0.5, 0.6) is 0 Å². The topological polar surface area (TPSA) is 88.4 Å². The summed E-state index contributed by atoms with van der Waals surface area (Å²) in [5, 5.41) is 0.531. The number of sulfonamides is 1. The number of benzene rings is 1. The molecule has 0 bridgehead atoms. The molecular weight excluding hydrogens is 426 g/mol. The average molecular weight is 448 g/mol. The second-order valence-corrected chi connectivity index (χ2v) is 9.50. The van der Waals surface area contributed by atoms with Crippen molar-refractivity contribution in [2.45, 2.75) is 25.3 Å². The van der Waals surface area contributed by atoms with Crippen LogP contribution in [0.3, 0.4) is 0 Å². The molecule has 0 atom stereocenters. The van der Waals surface area contributed by atoms with E-state index in [9.17, 15) is 13.2 Å². The maximum absolute atomic E-state index is 13.0. The number of pyridine rings is 1. The van der Waals surface area contributed by atoms with Crippen LogP contribution < -0.4 is 10.5 Å². The Morgan fingerprint density at radius 1 is 1.13 bits per heavy atom. The Labute approximate surface area is 179 Å². The van der Waals surface area contributed by atoms with Crippen LogP contribution in [-0.2, 0) is 16.6 Å². The van der Waals surface area contributed by atoms with Gasteiger partial charge in [-0.15, -0.1) is 0 Å². The standard InChI is InChI=1S/C20H22ClN5O3S/c1-3-26-18-13-22-7-6-17(18)23-19(20(26)27)24-8-10-25(11-9-24)30(28,29)15-4-5-16(21)14(2)12-15/h4-7,12-13H,3,8-11H2,1-2H3. The van der Waals surface area contributed by atoms with Gasteiger partial charge in [-0.3, -0.25) is 9.78 Å². The maximum Gasteiger partial charge on any atom is 0.294 e. The fourth-order valence-corrected chi connectivity index (χ4v) is 5.29. The van der Waals surface area contributed by atoms with E-state index in [1.807, 2.05) is 11.8 Å². The first-order valence-corrected chi connectivity index (χ1v) is 11.5. The Kier molecular flexibility index (Phi) is 5.52. The first-order chi connectivity index (χ1) is 14.3. The fourth-order valence-electron chi connectivity index (χ4n) is 3.66. The third kappa shape index (κ3) is 3.57. The van der Waals surface area contributed by atoms with Crippen molar-refractivity contribution < 1.29 is 8.42 Å². The SMILES string of the molecule is CCn1c(=O)c(N2CCN(S(=O)(=O)c3ccc(Cl)c(C)c3)CC2)nc2ccncc21. The summed E-state index contributed by atoms with van der Waals surface area (Å²) in [5.41, 5.74) is 1.90. The normalized spacial score (nSPS) is 15.6. The number of halogens is 1. The van der Waals surface area contributed by atoms with Gasteiger partial charge in [0.05, 0.1) is 22.1 Å². The number of aromatic nitrogens is 3. The molecular formula is C20H22ClN5O3S. The molecule has 0 amide bonds. The number of aryl methyl sites for hydroxylation is 2. The molecule has 4 rings (SSSR count). The van der Waals surface area contributed by atoms with E-state index in [4.69, 9.17) is 11.6 Å². The molecule has 1 fully saturated rings. The Balaban J connectivity index is 1.60. The van der Waals surface area contributed by atoms with E-state index in [-0.39, 0.29) is 23.5 Å². The summed E-state index contributed by atoms with van der Waals surface area (Å²) in [6, 6.07) is 6.48.